The quantitative estimate of drug-likeness (QED) is 0.831. The molecule has 6 nitrogen and oxygen atoms in total. The Morgan fingerprint density at radius 2 is 1.89 bits per heavy atom. The van der Waals surface area contributed by atoms with Gasteiger partial charge in [0.05, 0.1) is 19.3 Å². The van der Waals surface area contributed by atoms with Crippen molar-refractivity contribution in [3.63, 3.8) is 0 Å². The van der Waals surface area contributed by atoms with E-state index in [4.69, 9.17) is 4.74 Å². The van der Waals surface area contributed by atoms with Gasteiger partial charge in [-0.2, -0.15) is 18.3 Å². The van der Waals surface area contributed by atoms with Gasteiger partial charge >= 0.3 is 6.18 Å². The molecule has 3 rings (SSSR count). The van der Waals surface area contributed by atoms with Gasteiger partial charge in [0.15, 0.2) is 5.69 Å². The zero-order chi connectivity index (χ0) is 19.3. The summed E-state index contributed by atoms with van der Waals surface area (Å²) in [5.74, 6) is -0.388. The number of alkyl halides is 3. The summed E-state index contributed by atoms with van der Waals surface area (Å²) in [6.07, 6.45) is -3.37. The summed E-state index contributed by atoms with van der Waals surface area (Å²) in [6, 6.07) is 10.6. The van der Waals surface area contributed by atoms with Crippen molar-refractivity contribution >= 4 is 5.91 Å². The smallest absolute Gasteiger partial charge is 0.379 e. The van der Waals surface area contributed by atoms with Crippen molar-refractivity contribution in [1.29, 1.82) is 0 Å². The average Bonchev–Trinajstić information content (AvgIpc) is 3.12. The van der Waals surface area contributed by atoms with Crippen molar-refractivity contribution < 1.29 is 22.7 Å². The number of benzene rings is 1. The van der Waals surface area contributed by atoms with Crippen LogP contribution in [0.25, 0.3) is 0 Å². The van der Waals surface area contributed by atoms with Gasteiger partial charge in [-0.3, -0.25) is 14.4 Å². The van der Waals surface area contributed by atoms with Crippen molar-refractivity contribution in [2.24, 2.45) is 0 Å². The Labute approximate surface area is 154 Å². The first-order chi connectivity index (χ1) is 12.9. The predicted molar refractivity (Wildman–Crippen MR) is 91.8 cm³/mol. The minimum Gasteiger partial charge on any atom is -0.379 e. The molecule has 0 bridgehead atoms. The van der Waals surface area contributed by atoms with Crippen LogP contribution >= 0.6 is 0 Å². The highest BCUT2D eigenvalue weighted by Crippen LogP contribution is 2.27. The summed E-state index contributed by atoms with van der Waals surface area (Å²) in [5.41, 5.74) is 0.0592. The van der Waals surface area contributed by atoms with E-state index < -0.39 is 11.9 Å². The molecule has 0 saturated carbocycles. The fourth-order valence-electron chi connectivity index (χ4n) is 3.04. The van der Waals surface area contributed by atoms with Crippen molar-refractivity contribution in [1.82, 2.24) is 20.0 Å². The number of amides is 1. The van der Waals surface area contributed by atoms with Gasteiger partial charge < -0.3 is 10.1 Å². The van der Waals surface area contributed by atoms with Gasteiger partial charge in [-0.05, 0) is 11.6 Å². The Bertz CT molecular complexity index is 743. The van der Waals surface area contributed by atoms with E-state index in [1.165, 1.54) is 0 Å². The molecule has 1 amide bonds. The number of rotatable bonds is 6. The number of morpholine rings is 1. The molecule has 1 aromatic carbocycles. The Balaban J connectivity index is 1.61. The van der Waals surface area contributed by atoms with Crippen molar-refractivity contribution in [2.45, 2.75) is 18.8 Å². The average molecular weight is 382 g/mol. The first-order valence-electron chi connectivity index (χ1n) is 8.67. The number of halogens is 3. The molecule has 9 heteroatoms. The topological polar surface area (TPSA) is 59.4 Å². The Morgan fingerprint density at radius 3 is 2.52 bits per heavy atom. The highest BCUT2D eigenvalue weighted by molar-refractivity contribution is 5.75. The third-order valence-electron chi connectivity index (χ3n) is 4.40. The molecule has 1 aliphatic rings. The molecule has 1 saturated heterocycles. The molecule has 0 radical (unpaired) electrons. The fourth-order valence-corrected chi connectivity index (χ4v) is 3.04. The molecule has 0 aliphatic carbocycles. The molecule has 1 aromatic heterocycles. The number of hydrogen-bond acceptors (Lipinski definition) is 4. The third kappa shape index (κ3) is 5.30. The van der Waals surface area contributed by atoms with E-state index in [0.29, 0.717) is 19.8 Å². The van der Waals surface area contributed by atoms with Gasteiger partial charge in [0.2, 0.25) is 5.91 Å². The maximum absolute atomic E-state index is 12.6. The molecule has 2 heterocycles. The first-order valence-corrected chi connectivity index (χ1v) is 8.67. The minimum absolute atomic E-state index is 0.0255. The number of hydrogen-bond donors (Lipinski definition) is 1. The van der Waals surface area contributed by atoms with Crippen molar-refractivity contribution in [3.8, 4) is 0 Å². The number of carbonyl (C=O) groups is 1. The molecule has 2 aromatic rings. The van der Waals surface area contributed by atoms with Gasteiger partial charge in [0.25, 0.3) is 0 Å². The number of nitrogens with one attached hydrogen (secondary N) is 1. The zero-order valence-corrected chi connectivity index (χ0v) is 14.7. The highest BCUT2D eigenvalue weighted by atomic mass is 19.4. The summed E-state index contributed by atoms with van der Waals surface area (Å²) in [5, 5.41) is 6.21. The summed E-state index contributed by atoms with van der Waals surface area (Å²) in [6.45, 7) is 2.86. The molecule has 27 heavy (non-hydrogen) atoms. The second kappa shape index (κ2) is 8.53. The van der Waals surface area contributed by atoms with Crippen LogP contribution in [0.1, 0.15) is 17.3 Å². The number of aromatic nitrogens is 2. The normalized spacial score (nSPS) is 16.9. The maximum atomic E-state index is 12.6. The van der Waals surface area contributed by atoms with Crippen LogP contribution in [0.2, 0.25) is 0 Å². The number of carbonyl (C=O) groups excluding carboxylic acids is 1. The van der Waals surface area contributed by atoms with Crippen LogP contribution in [-0.4, -0.2) is 53.4 Å². The summed E-state index contributed by atoms with van der Waals surface area (Å²) < 4.78 is 44.2. The van der Waals surface area contributed by atoms with Gasteiger partial charge in [-0.1, -0.05) is 30.3 Å². The lowest BCUT2D eigenvalue weighted by molar-refractivity contribution is -0.141. The number of nitrogens with zero attached hydrogens (tertiary/aromatic N) is 3. The van der Waals surface area contributed by atoms with E-state index in [1.54, 1.807) is 0 Å². The van der Waals surface area contributed by atoms with Crippen LogP contribution in [0.5, 0.6) is 0 Å². The van der Waals surface area contributed by atoms with E-state index in [2.05, 4.69) is 15.3 Å². The molecule has 1 atom stereocenters. The molecule has 1 aliphatic heterocycles. The van der Waals surface area contributed by atoms with Gasteiger partial charge in [0, 0.05) is 25.8 Å². The van der Waals surface area contributed by atoms with Crippen LogP contribution in [0.3, 0.4) is 0 Å². The van der Waals surface area contributed by atoms with Crippen LogP contribution in [0, 0.1) is 0 Å². The molecule has 1 unspecified atom stereocenters. The molecule has 146 valence electrons. The Morgan fingerprint density at radius 1 is 1.19 bits per heavy atom. The molecule has 1 fully saturated rings. The molecule has 0 spiro atoms. The monoisotopic (exact) mass is 382 g/mol. The third-order valence-corrected chi connectivity index (χ3v) is 4.40. The zero-order valence-electron chi connectivity index (χ0n) is 14.7. The Kier molecular flexibility index (Phi) is 6.12. The lowest BCUT2D eigenvalue weighted by atomic mass is 10.0. The Hall–Kier alpha value is -2.39. The van der Waals surface area contributed by atoms with Gasteiger partial charge in [0.1, 0.15) is 6.54 Å². The van der Waals surface area contributed by atoms with E-state index in [0.717, 1.165) is 35.6 Å². The predicted octanol–water partition coefficient (Wildman–Crippen LogP) is 2.09. The highest BCUT2D eigenvalue weighted by Gasteiger charge is 2.33. The number of ether oxygens (including phenoxy) is 1. The van der Waals surface area contributed by atoms with Gasteiger partial charge in [-0.15, -0.1) is 0 Å². The van der Waals surface area contributed by atoms with Crippen LogP contribution in [0.4, 0.5) is 13.2 Å². The summed E-state index contributed by atoms with van der Waals surface area (Å²) in [4.78, 5) is 14.4. The molecule has 1 N–H and O–H groups in total. The van der Waals surface area contributed by atoms with Gasteiger partial charge in [-0.25, -0.2) is 0 Å². The second-order valence-electron chi connectivity index (χ2n) is 6.28. The second-order valence-corrected chi connectivity index (χ2v) is 6.28. The standard InChI is InChI=1S/C18H21F3N4O2/c19-18(20,21)16-6-7-25(23-16)13-17(26)22-12-15(14-4-2-1-3-5-14)24-8-10-27-11-9-24/h1-7,15H,8-13H2,(H,22,26). The fraction of sp³-hybridized carbons (Fsp3) is 0.444. The van der Waals surface area contributed by atoms with E-state index >= 15 is 0 Å². The first kappa shape index (κ1) is 19.4. The van der Waals surface area contributed by atoms with Crippen molar-refractivity contribution in [3.05, 3.63) is 53.9 Å². The lowest BCUT2D eigenvalue weighted by Crippen LogP contribution is -2.44. The maximum Gasteiger partial charge on any atom is 0.435 e. The summed E-state index contributed by atoms with van der Waals surface area (Å²) in [7, 11) is 0. The van der Waals surface area contributed by atoms with Crippen molar-refractivity contribution in [2.75, 3.05) is 32.8 Å². The van der Waals surface area contributed by atoms with Crippen LogP contribution in [-0.2, 0) is 22.3 Å². The SMILES string of the molecule is O=C(Cn1ccc(C(F)(F)F)n1)NCC(c1ccccc1)N1CCOCC1. The lowest BCUT2D eigenvalue weighted by Gasteiger charge is -2.34. The largest absolute Gasteiger partial charge is 0.435 e. The van der Waals surface area contributed by atoms with E-state index in [1.807, 2.05) is 30.3 Å². The minimum atomic E-state index is -4.52. The van der Waals surface area contributed by atoms with E-state index in [-0.39, 0.29) is 18.5 Å². The van der Waals surface area contributed by atoms with E-state index in [9.17, 15) is 18.0 Å². The van der Waals surface area contributed by atoms with Crippen LogP contribution < -0.4 is 5.32 Å². The molecular weight excluding hydrogens is 361 g/mol. The van der Waals surface area contributed by atoms with Crippen LogP contribution in [0.15, 0.2) is 42.6 Å². The molecular formula is C18H21F3N4O2. The summed E-state index contributed by atoms with van der Waals surface area (Å²) >= 11 is 0.